The Morgan fingerprint density at radius 1 is 1.05 bits per heavy atom. The highest BCUT2D eigenvalue weighted by atomic mass is 32.2. The van der Waals surface area contributed by atoms with Gasteiger partial charge >= 0.3 is 18.1 Å². The Balaban J connectivity index is 0.000000638. The Morgan fingerprint density at radius 2 is 1.66 bits per heavy atom. The van der Waals surface area contributed by atoms with Crippen molar-refractivity contribution in [2.24, 2.45) is 0 Å². The molecule has 0 aliphatic heterocycles. The molecule has 0 amide bonds. The average molecular weight is 558 g/mol. The number of hydrogen-bond donors (Lipinski definition) is 3. The molecule has 0 unspecified atom stereocenters. The van der Waals surface area contributed by atoms with Crippen LogP contribution < -0.4 is 9.62 Å². The summed E-state index contributed by atoms with van der Waals surface area (Å²) in [5.74, 6) is -4.46. The van der Waals surface area contributed by atoms with E-state index in [1.165, 1.54) is 24.4 Å². The van der Waals surface area contributed by atoms with Crippen LogP contribution in [0.1, 0.15) is 28.4 Å². The number of alkyl halides is 3. The number of hydrogen-bond acceptors (Lipinski definition) is 6. The second-order valence-electron chi connectivity index (χ2n) is 7.72. The molecule has 0 atom stereocenters. The minimum Gasteiger partial charge on any atom is -0.478 e. The molecule has 0 fully saturated rings. The monoisotopic (exact) mass is 557 g/mol. The molecule has 0 aliphatic rings. The summed E-state index contributed by atoms with van der Waals surface area (Å²) >= 11 is 0. The van der Waals surface area contributed by atoms with Gasteiger partial charge in [-0.25, -0.2) is 27.4 Å². The molecule has 38 heavy (non-hydrogen) atoms. The molecule has 1 heterocycles. The molecular weight excluding hydrogens is 534 g/mol. The molecule has 2 aromatic carbocycles. The molecule has 3 rings (SSSR count). The maximum Gasteiger partial charge on any atom is 0.490 e. The lowest BCUT2D eigenvalue weighted by Crippen LogP contribution is -2.25. The largest absolute Gasteiger partial charge is 0.490 e. The Morgan fingerprint density at radius 3 is 2.18 bits per heavy atom. The van der Waals surface area contributed by atoms with Crippen LogP contribution in [0.2, 0.25) is 0 Å². The van der Waals surface area contributed by atoms with Crippen LogP contribution in [0.4, 0.5) is 29.1 Å². The summed E-state index contributed by atoms with van der Waals surface area (Å²) in [4.78, 5) is 26.6. The number of aliphatic carboxylic acids is 1. The summed E-state index contributed by atoms with van der Waals surface area (Å²) in [7, 11) is -4.13. The van der Waals surface area contributed by atoms with Gasteiger partial charge in [0.2, 0.25) is 0 Å². The van der Waals surface area contributed by atoms with E-state index < -0.39 is 34.0 Å². The molecule has 204 valence electrons. The zero-order chi connectivity index (χ0) is 28.7. The fraction of sp³-hybridized carbons (Fsp3) is 0.208. The second kappa shape index (κ2) is 12.4. The maximum absolute atomic E-state index is 13.6. The number of rotatable bonds is 8. The van der Waals surface area contributed by atoms with Crippen molar-refractivity contribution in [1.29, 1.82) is 0 Å². The molecule has 0 bridgehead atoms. The van der Waals surface area contributed by atoms with Crippen LogP contribution in [0.25, 0.3) is 0 Å². The predicted molar refractivity (Wildman–Crippen MR) is 130 cm³/mol. The van der Waals surface area contributed by atoms with Gasteiger partial charge in [0.15, 0.2) is 0 Å². The van der Waals surface area contributed by atoms with Crippen molar-refractivity contribution < 1.29 is 45.8 Å². The number of aromatic carboxylic acids is 1. The quantitative estimate of drug-likeness (QED) is 0.340. The molecular formula is C24H23F4N3O6S. The zero-order valence-electron chi connectivity index (χ0n) is 20.0. The average Bonchev–Trinajstić information content (AvgIpc) is 2.84. The normalized spacial score (nSPS) is 11.2. The first-order valence-electron chi connectivity index (χ1n) is 10.8. The Labute approximate surface area is 215 Å². The molecule has 3 N–H and O–H groups in total. The Bertz CT molecular complexity index is 1400. The fourth-order valence-electron chi connectivity index (χ4n) is 3.14. The van der Waals surface area contributed by atoms with E-state index in [0.29, 0.717) is 18.7 Å². The summed E-state index contributed by atoms with van der Waals surface area (Å²) < 4.78 is 73.0. The van der Waals surface area contributed by atoms with Gasteiger partial charge in [0.25, 0.3) is 10.0 Å². The van der Waals surface area contributed by atoms with Crippen LogP contribution in [0.3, 0.4) is 0 Å². The number of nitrogens with one attached hydrogen (secondary N) is 1. The SMILES string of the molecule is CCN(Cc1ccccc1)c1ncc(NS(=O)(=O)c2cc(F)ccc2C)cc1C(=O)O.O=C(O)C(F)(F)F. The molecule has 9 nitrogen and oxygen atoms in total. The van der Waals surface area contributed by atoms with Crippen molar-refractivity contribution in [3.05, 3.63) is 83.3 Å². The highest BCUT2D eigenvalue weighted by molar-refractivity contribution is 7.92. The van der Waals surface area contributed by atoms with Crippen LogP contribution in [-0.4, -0.2) is 48.3 Å². The predicted octanol–water partition coefficient (Wildman–Crippen LogP) is 4.69. The van der Waals surface area contributed by atoms with Crippen LogP contribution in [0, 0.1) is 12.7 Å². The summed E-state index contributed by atoms with van der Waals surface area (Å²) in [6.45, 7) is 4.36. The van der Waals surface area contributed by atoms with Gasteiger partial charge in [0.1, 0.15) is 17.2 Å². The van der Waals surface area contributed by atoms with E-state index in [0.717, 1.165) is 11.6 Å². The number of aryl methyl sites for hydroxylation is 1. The highest BCUT2D eigenvalue weighted by Gasteiger charge is 2.38. The topological polar surface area (TPSA) is 137 Å². The number of carboxylic acids is 2. The molecule has 1 aromatic heterocycles. The lowest BCUT2D eigenvalue weighted by molar-refractivity contribution is -0.192. The summed E-state index contributed by atoms with van der Waals surface area (Å²) in [5.41, 5.74) is 1.17. The minimum atomic E-state index is -5.08. The number of carbonyl (C=O) groups is 2. The lowest BCUT2D eigenvalue weighted by atomic mass is 10.2. The van der Waals surface area contributed by atoms with Crippen LogP contribution in [0.15, 0.2) is 65.7 Å². The third-order valence-corrected chi connectivity index (χ3v) is 6.45. The van der Waals surface area contributed by atoms with E-state index in [1.807, 2.05) is 37.3 Å². The van der Waals surface area contributed by atoms with E-state index in [1.54, 1.807) is 11.8 Å². The van der Waals surface area contributed by atoms with Gasteiger partial charge in [-0.2, -0.15) is 13.2 Å². The Hall–Kier alpha value is -4.20. The van der Waals surface area contributed by atoms with Gasteiger partial charge in [0.05, 0.1) is 16.8 Å². The number of halogens is 4. The van der Waals surface area contributed by atoms with Gasteiger partial charge in [0, 0.05) is 13.1 Å². The van der Waals surface area contributed by atoms with Gasteiger partial charge in [-0.15, -0.1) is 0 Å². The zero-order valence-corrected chi connectivity index (χ0v) is 20.8. The standard InChI is InChI=1S/C22H22FN3O4S.C2HF3O2/c1-3-26(14-16-7-5-4-6-8-16)21-19(22(27)28)12-18(13-24-21)25-31(29,30)20-11-17(23)10-9-15(20)2;3-2(4,5)1(6)7/h4-13,25H,3,14H2,1-2H3,(H,27,28);(H,6,7). The number of anilines is 2. The molecule has 14 heteroatoms. The minimum absolute atomic E-state index is 0.0272. The van der Waals surface area contributed by atoms with Gasteiger partial charge in [-0.05, 0) is 43.2 Å². The number of pyridine rings is 1. The molecule has 0 saturated carbocycles. The lowest BCUT2D eigenvalue weighted by Gasteiger charge is -2.24. The third-order valence-electron chi connectivity index (χ3n) is 4.93. The second-order valence-corrected chi connectivity index (χ2v) is 9.37. The maximum atomic E-state index is 13.6. The van der Waals surface area contributed by atoms with Crippen LogP contribution in [0.5, 0.6) is 0 Å². The van der Waals surface area contributed by atoms with Crippen molar-refractivity contribution in [3.8, 4) is 0 Å². The van der Waals surface area contributed by atoms with Crippen LogP contribution >= 0.6 is 0 Å². The van der Waals surface area contributed by atoms with Gasteiger partial charge in [-0.3, -0.25) is 4.72 Å². The van der Waals surface area contributed by atoms with Gasteiger partial charge in [-0.1, -0.05) is 36.4 Å². The molecule has 0 radical (unpaired) electrons. The number of sulfonamides is 1. The summed E-state index contributed by atoms with van der Waals surface area (Å²) in [5, 5.41) is 16.8. The molecule has 3 aromatic rings. The summed E-state index contributed by atoms with van der Waals surface area (Å²) in [6.07, 6.45) is -3.83. The fourth-order valence-corrected chi connectivity index (χ4v) is 4.43. The van der Waals surface area contributed by atoms with E-state index in [4.69, 9.17) is 9.90 Å². The summed E-state index contributed by atoms with van der Waals surface area (Å²) in [6, 6.07) is 14.2. The number of nitrogens with zero attached hydrogens (tertiary/aromatic N) is 2. The van der Waals surface area contributed by atoms with Crippen molar-refractivity contribution in [2.75, 3.05) is 16.2 Å². The van der Waals surface area contributed by atoms with Crippen molar-refractivity contribution >= 4 is 33.5 Å². The van der Waals surface area contributed by atoms with E-state index in [9.17, 15) is 35.9 Å². The Kier molecular flexibility index (Phi) is 9.77. The number of benzene rings is 2. The third kappa shape index (κ3) is 8.16. The van der Waals surface area contributed by atoms with E-state index >= 15 is 0 Å². The van der Waals surface area contributed by atoms with E-state index in [-0.39, 0.29) is 22.0 Å². The first-order chi connectivity index (χ1) is 17.7. The smallest absolute Gasteiger partial charge is 0.478 e. The molecule has 0 aliphatic carbocycles. The molecule has 0 spiro atoms. The number of carboxylic acid groups (broad SMARTS) is 2. The van der Waals surface area contributed by atoms with Crippen molar-refractivity contribution in [3.63, 3.8) is 0 Å². The van der Waals surface area contributed by atoms with Gasteiger partial charge < -0.3 is 15.1 Å². The number of aromatic nitrogens is 1. The van der Waals surface area contributed by atoms with Crippen molar-refractivity contribution in [2.45, 2.75) is 31.5 Å². The van der Waals surface area contributed by atoms with Crippen molar-refractivity contribution in [1.82, 2.24) is 4.98 Å². The first-order valence-corrected chi connectivity index (χ1v) is 12.2. The highest BCUT2D eigenvalue weighted by Crippen LogP contribution is 2.26. The van der Waals surface area contributed by atoms with Crippen LogP contribution in [-0.2, 0) is 21.4 Å². The molecule has 0 saturated heterocycles. The van der Waals surface area contributed by atoms with E-state index in [2.05, 4.69) is 9.71 Å². The first kappa shape index (κ1) is 30.0.